The summed E-state index contributed by atoms with van der Waals surface area (Å²) in [4.78, 5) is 0. The van der Waals surface area contributed by atoms with Crippen LogP contribution in [0.2, 0.25) is 0 Å². The topological polar surface area (TPSA) is 35.8 Å². The van der Waals surface area contributed by atoms with Crippen molar-refractivity contribution in [2.45, 2.75) is 26.3 Å². The minimum absolute atomic E-state index is 0.0262. The van der Waals surface area contributed by atoms with Crippen LogP contribution in [0.1, 0.15) is 36.1 Å². The van der Waals surface area contributed by atoms with Gasteiger partial charge in [-0.05, 0) is 48.7 Å². The van der Waals surface area contributed by atoms with Crippen LogP contribution in [0.4, 0.5) is 10.1 Å². The summed E-state index contributed by atoms with van der Waals surface area (Å²) in [5, 5.41) is 12.4. The number of nitrogens with zero attached hydrogens (tertiary/aromatic N) is 1. The molecule has 0 radical (unpaired) electrons. The average molecular weight is 268 g/mol. The summed E-state index contributed by atoms with van der Waals surface area (Å²) < 4.78 is 13.3. The molecule has 0 saturated carbocycles. The summed E-state index contributed by atoms with van der Waals surface area (Å²) in [6, 6.07) is 14.3. The molecule has 3 heteroatoms. The van der Waals surface area contributed by atoms with Gasteiger partial charge in [-0.15, -0.1) is 0 Å². The average Bonchev–Trinajstić information content (AvgIpc) is 2.46. The summed E-state index contributed by atoms with van der Waals surface area (Å²) in [6.45, 7) is 4.04. The van der Waals surface area contributed by atoms with Crippen molar-refractivity contribution in [3.8, 4) is 6.07 Å². The van der Waals surface area contributed by atoms with Gasteiger partial charge in [0.1, 0.15) is 5.82 Å². The van der Waals surface area contributed by atoms with E-state index in [1.807, 2.05) is 32.0 Å². The van der Waals surface area contributed by atoms with Crippen molar-refractivity contribution in [2.75, 3.05) is 5.32 Å². The van der Waals surface area contributed by atoms with E-state index in [1.54, 1.807) is 18.2 Å². The van der Waals surface area contributed by atoms with Crippen molar-refractivity contribution in [1.29, 1.82) is 5.26 Å². The van der Waals surface area contributed by atoms with Crippen LogP contribution in [-0.4, -0.2) is 0 Å². The fourth-order valence-electron chi connectivity index (χ4n) is 2.18. The van der Waals surface area contributed by atoms with Crippen LogP contribution in [0.15, 0.2) is 42.5 Å². The third kappa shape index (κ3) is 3.16. The zero-order valence-corrected chi connectivity index (χ0v) is 11.7. The third-order valence-corrected chi connectivity index (χ3v) is 3.36. The second kappa shape index (κ2) is 6.21. The molecule has 20 heavy (non-hydrogen) atoms. The standard InChI is InChI=1S/C17H17FN2/c1-3-16(14-5-4-6-15(18)10-14)20-17-9-13(11-19)8-7-12(17)2/h4-10,16,20H,3H2,1-2H3. The molecule has 102 valence electrons. The van der Waals surface area contributed by atoms with E-state index in [-0.39, 0.29) is 11.9 Å². The predicted molar refractivity (Wildman–Crippen MR) is 78.9 cm³/mol. The molecule has 2 aromatic rings. The van der Waals surface area contributed by atoms with Crippen LogP contribution in [0.5, 0.6) is 0 Å². The van der Waals surface area contributed by atoms with E-state index in [9.17, 15) is 4.39 Å². The molecule has 1 atom stereocenters. The molecule has 2 rings (SSSR count). The van der Waals surface area contributed by atoms with E-state index in [0.29, 0.717) is 5.56 Å². The Morgan fingerprint density at radius 1 is 1.25 bits per heavy atom. The first-order chi connectivity index (χ1) is 9.63. The molecule has 2 nitrogen and oxygen atoms in total. The van der Waals surface area contributed by atoms with Gasteiger partial charge in [-0.3, -0.25) is 0 Å². The minimum atomic E-state index is -0.231. The second-order valence-corrected chi connectivity index (χ2v) is 4.80. The number of nitriles is 1. The Labute approximate surface area is 118 Å². The van der Waals surface area contributed by atoms with Crippen LogP contribution in [-0.2, 0) is 0 Å². The van der Waals surface area contributed by atoms with E-state index < -0.39 is 0 Å². The third-order valence-electron chi connectivity index (χ3n) is 3.36. The van der Waals surface area contributed by atoms with Crippen molar-refractivity contribution < 1.29 is 4.39 Å². The van der Waals surface area contributed by atoms with Gasteiger partial charge in [0, 0.05) is 5.69 Å². The van der Waals surface area contributed by atoms with Gasteiger partial charge >= 0.3 is 0 Å². The Morgan fingerprint density at radius 3 is 2.70 bits per heavy atom. The lowest BCUT2D eigenvalue weighted by Crippen LogP contribution is -2.11. The Kier molecular flexibility index (Phi) is 4.37. The fourth-order valence-corrected chi connectivity index (χ4v) is 2.18. The number of halogens is 1. The van der Waals surface area contributed by atoms with Gasteiger partial charge in [0.2, 0.25) is 0 Å². The molecule has 0 saturated heterocycles. The minimum Gasteiger partial charge on any atom is -0.378 e. The zero-order valence-electron chi connectivity index (χ0n) is 11.7. The molecule has 0 heterocycles. The molecule has 1 unspecified atom stereocenters. The zero-order chi connectivity index (χ0) is 14.5. The van der Waals surface area contributed by atoms with E-state index in [0.717, 1.165) is 23.2 Å². The van der Waals surface area contributed by atoms with Crippen molar-refractivity contribution in [1.82, 2.24) is 0 Å². The number of aryl methyl sites for hydroxylation is 1. The molecule has 0 aliphatic rings. The first-order valence-corrected chi connectivity index (χ1v) is 6.66. The first kappa shape index (κ1) is 14.1. The van der Waals surface area contributed by atoms with Gasteiger partial charge in [0.15, 0.2) is 0 Å². The second-order valence-electron chi connectivity index (χ2n) is 4.80. The molecule has 0 spiro atoms. The smallest absolute Gasteiger partial charge is 0.123 e. The fraction of sp³-hybridized carbons (Fsp3) is 0.235. The maximum atomic E-state index is 13.3. The number of anilines is 1. The summed E-state index contributed by atoms with van der Waals surface area (Å²) in [5.74, 6) is -0.231. The van der Waals surface area contributed by atoms with E-state index in [2.05, 4.69) is 11.4 Å². The van der Waals surface area contributed by atoms with Crippen molar-refractivity contribution in [2.24, 2.45) is 0 Å². The normalized spacial score (nSPS) is 11.7. The quantitative estimate of drug-likeness (QED) is 0.881. The number of hydrogen-bond donors (Lipinski definition) is 1. The first-order valence-electron chi connectivity index (χ1n) is 6.66. The lowest BCUT2D eigenvalue weighted by atomic mass is 10.0. The van der Waals surface area contributed by atoms with Gasteiger partial charge in [-0.2, -0.15) is 5.26 Å². The van der Waals surface area contributed by atoms with E-state index in [4.69, 9.17) is 5.26 Å². The Hall–Kier alpha value is -2.34. The maximum Gasteiger partial charge on any atom is 0.123 e. The Bertz CT molecular complexity index is 644. The van der Waals surface area contributed by atoms with Crippen LogP contribution in [0.25, 0.3) is 0 Å². The Balaban J connectivity index is 2.29. The molecule has 0 aromatic heterocycles. The largest absolute Gasteiger partial charge is 0.378 e. The lowest BCUT2D eigenvalue weighted by molar-refractivity contribution is 0.621. The highest BCUT2D eigenvalue weighted by molar-refractivity contribution is 5.56. The van der Waals surface area contributed by atoms with Crippen LogP contribution >= 0.6 is 0 Å². The molecular weight excluding hydrogens is 251 g/mol. The Morgan fingerprint density at radius 2 is 2.05 bits per heavy atom. The number of rotatable bonds is 4. The molecule has 0 bridgehead atoms. The summed E-state index contributed by atoms with van der Waals surface area (Å²) in [7, 11) is 0. The highest BCUT2D eigenvalue weighted by Crippen LogP contribution is 2.26. The van der Waals surface area contributed by atoms with Crippen molar-refractivity contribution in [3.63, 3.8) is 0 Å². The maximum absolute atomic E-state index is 13.3. The molecule has 0 aliphatic heterocycles. The summed E-state index contributed by atoms with van der Waals surface area (Å²) in [5.41, 5.74) is 3.51. The molecule has 0 fully saturated rings. The highest BCUT2D eigenvalue weighted by Gasteiger charge is 2.11. The monoisotopic (exact) mass is 268 g/mol. The van der Waals surface area contributed by atoms with Gasteiger partial charge in [0.05, 0.1) is 17.7 Å². The number of nitrogens with one attached hydrogen (secondary N) is 1. The van der Waals surface area contributed by atoms with Gasteiger partial charge < -0.3 is 5.32 Å². The number of benzene rings is 2. The molecule has 2 aromatic carbocycles. The van der Waals surface area contributed by atoms with E-state index in [1.165, 1.54) is 6.07 Å². The molecule has 0 amide bonds. The molecule has 1 N–H and O–H groups in total. The summed E-state index contributed by atoms with van der Waals surface area (Å²) >= 11 is 0. The van der Waals surface area contributed by atoms with Crippen molar-refractivity contribution in [3.05, 3.63) is 65.0 Å². The van der Waals surface area contributed by atoms with Crippen LogP contribution < -0.4 is 5.32 Å². The van der Waals surface area contributed by atoms with Crippen LogP contribution in [0, 0.1) is 24.1 Å². The van der Waals surface area contributed by atoms with Crippen molar-refractivity contribution >= 4 is 5.69 Å². The number of hydrogen-bond acceptors (Lipinski definition) is 2. The van der Waals surface area contributed by atoms with Gasteiger partial charge in [-0.1, -0.05) is 25.1 Å². The highest BCUT2D eigenvalue weighted by atomic mass is 19.1. The van der Waals surface area contributed by atoms with Crippen LogP contribution in [0.3, 0.4) is 0 Å². The van der Waals surface area contributed by atoms with Gasteiger partial charge in [0.25, 0.3) is 0 Å². The predicted octanol–water partition coefficient (Wildman–Crippen LogP) is 4.57. The van der Waals surface area contributed by atoms with Gasteiger partial charge in [-0.25, -0.2) is 4.39 Å². The summed E-state index contributed by atoms with van der Waals surface area (Å²) in [6.07, 6.45) is 0.833. The van der Waals surface area contributed by atoms with E-state index >= 15 is 0 Å². The lowest BCUT2D eigenvalue weighted by Gasteiger charge is -2.20. The molecular formula is C17H17FN2. The SMILES string of the molecule is CCC(Nc1cc(C#N)ccc1C)c1cccc(F)c1. The molecule has 0 aliphatic carbocycles.